The van der Waals surface area contributed by atoms with Gasteiger partial charge in [-0.05, 0) is 0 Å². The summed E-state index contributed by atoms with van der Waals surface area (Å²) in [5.74, 6) is -0.832. The predicted octanol–water partition coefficient (Wildman–Crippen LogP) is 0.312. The lowest BCUT2D eigenvalue weighted by Gasteiger charge is -1.89. The van der Waals surface area contributed by atoms with Crippen LogP contribution in [0.2, 0.25) is 0 Å². The Morgan fingerprint density at radius 2 is 2.56 bits per heavy atom. The van der Waals surface area contributed by atoms with Crippen molar-refractivity contribution in [3.8, 4) is 0 Å². The lowest BCUT2D eigenvalue weighted by Crippen LogP contribution is -1.97. The molecular weight excluding hydrogens is 146 g/mol. The van der Waals surface area contributed by atoms with Crippen LogP contribution < -0.4 is 0 Å². The summed E-state index contributed by atoms with van der Waals surface area (Å²) in [7, 11) is 0. The van der Waals surface area contributed by atoms with E-state index in [4.69, 9.17) is 16.7 Å². The van der Waals surface area contributed by atoms with Crippen LogP contribution in [0.15, 0.2) is 5.16 Å². The first-order valence-electron chi connectivity index (χ1n) is 2.21. The Labute approximate surface area is 57.1 Å². The van der Waals surface area contributed by atoms with Gasteiger partial charge in [-0.2, -0.15) is 0 Å². The van der Waals surface area contributed by atoms with E-state index in [1.54, 1.807) is 0 Å². The van der Waals surface area contributed by atoms with Crippen LogP contribution in [0.5, 0.6) is 0 Å². The maximum Gasteiger partial charge on any atom is 0.350 e. The van der Waals surface area contributed by atoms with Gasteiger partial charge in [0.25, 0.3) is 0 Å². The standard InChI is InChI=1S/C4H6ClNO3/c5-1-2-9-6-3-4(7)8/h3H,1-2H2,(H,7,8). The van der Waals surface area contributed by atoms with Gasteiger partial charge in [-0.3, -0.25) is 0 Å². The van der Waals surface area contributed by atoms with Crippen molar-refractivity contribution in [2.45, 2.75) is 0 Å². The van der Waals surface area contributed by atoms with E-state index in [0.717, 1.165) is 0 Å². The normalized spacial score (nSPS) is 9.89. The zero-order valence-electron chi connectivity index (χ0n) is 4.58. The first-order valence-corrected chi connectivity index (χ1v) is 2.75. The molecule has 0 fully saturated rings. The van der Waals surface area contributed by atoms with Crippen LogP contribution >= 0.6 is 11.6 Å². The zero-order chi connectivity index (χ0) is 7.11. The number of alkyl halides is 1. The summed E-state index contributed by atoms with van der Waals surface area (Å²) in [6, 6.07) is 0. The number of rotatable bonds is 4. The van der Waals surface area contributed by atoms with Gasteiger partial charge in [0.1, 0.15) is 6.61 Å². The molecule has 0 aromatic rings. The molecule has 0 aromatic carbocycles. The fourth-order valence-corrected chi connectivity index (χ4v) is 0.239. The summed E-state index contributed by atoms with van der Waals surface area (Å²) in [5.41, 5.74) is 0. The SMILES string of the molecule is O=C(O)C=NOCCCl. The number of aliphatic carboxylic acids is 1. The van der Waals surface area contributed by atoms with Crippen LogP contribution in [0.1, 0.15) is 0 Å². The molecule has 0 unspecified atom stereocenters. The average Bonchev–Trinajstić information content (AvgIpc) is 1.80. The van der Waals surface area contributed by atoms with Crippen molar-refractivity contribution in [1.29, 1.82) is 0 Å². The Morgan fingerprint density at radius 3 is 3.00 bits per heavy atom. The van der Waals surface area contributed by atoms with E-state index in [0.29, 0.717) is 12.1 Å². The van der Waals surface area contributed by atoms with E-state index < -0.39 is 5.97 Å². The highest BCUT2D eigenvalue weighted by atomic mass is 35.5. The van der Waals surface area contributed by atoms with E-state index >= 15 is 0 Å². The van der Waals surface area contributed by atoms with Crippen LogP contribution in [0.4, 0.5) is 0 Å². The van der Waals surface area contributed by atoms with Crippen LogP contribution in [-0.2, 0) is 9.63 Å². The van der Waals surface area contributed by atoms with Gasteiger partial charge in [0.15, 0.2) is 6.21 Å². The lowest BCUT2D eigenvalue weighted by molar-refractivity contribution is -0.129. The largest absolute Gasteiger partial charge is 0.477 e. The molecule has 1 N–H and O–H groups in total. The number of hydrogen-bond donors (Lipinski definition) is 1. The molecule has 0 saturated heterocycles. The minimum Gasteiger partial charge on any atom is -0.477 e. The number of carbonyl (C=O) groups is 1. The molecule has 0 rings (SSSR count). The van der Waals surface area contributed by atoms with Crippen LogP contribution in [0, 0.1) is 0 Å². The third-order valence-corrected chi connectivity index (χ3v) is 0.560. The van der Waals surface area contributed by atoms with Gasteiger partial charge in [-0.15, -0.1) is 11.6 Å². The van der Waals surface area contributed by atoms with Crippen molar-refractivity contribution in [3.63, 3.8) is 0 Å². The van der Waals surface area contributed by atoms with Crippen LogP contribution in [0.25, 0.3) is 0 Å². The van der Waals surface area contributed by atoms with Gasteiger partial charge in [0.2, 0.25) is 0 Å². The molecule has 9 heavy (non-hydrogen) atoms. The molecule has 0 aromatic heterocycles. The first-order chi connectivity index (χ1) is 4.27. The zero-order valence-corrected chi connectivity index (χ0v) is 5.34. The smallest absolute Gasteiger partial charge is 0.350 e. The number of carboxylic acid groups (broad SMARTS) is 1. The number of oxime groups is 1. The molecule has 5 heteroatoms. The number of nitrogens with zero attached hydrogens (tertiary/aromatic N) is 1. The molecule has 0 heterocycles. The number of halogens is 1. The summed E-state index contributed by atoms with van der Waals surface area (Å²) < 4.78 is 0. The van der Waals surface area contributed by atoms with Crippen molar-refractivity contribution < 1.29 is 14.7 Å². The molecular formula is C4H6ClNO3. The molecule has 0 aliphatic carbocycles. The topological polar surface area (TPSA) is 58.9 Å². The molecule has 0 aliphatic rings. The second-order valence-electron chi connectivity index (χ2n) is 1.09. The fraction of sp³-hybridized carbons (Fsp3) is 0.500. The Kier molecular flexibility index (Phi) is 4.91. The van der Waals surface area contributed by atoms with Crippen molar-refractivity contribution in [1.82, 2.24) is 0 Å². The molecule has 52 valence electrons. The van der Waals surface area contributed by atoms with Gasteiger partial charge < -0.3 is 9.94 Å². The highest BCUT2D eigenvalue weighted by Crippen LogP contribution is 1.77. The third kappa shape index (κ3) is 7.23. The molecule has 0 saturated carbocycles. The molecule has 4 nitrogen and oxygen atoms in total. The molecule has 0 bridgehead atoms. The Hall–Kier alpha value is -0.770. The molecule has 0 amide bonds. The van der Waals surface area contributed by atoms with Gasteiger partial charge in [-0.1, -0.05) is 5.16 Å². The van der Waals surface area contributed by atoms with E-state index in [1.165, 1.54) is 0 Å². The van der Waals surface area contributed by atoms with E-state index in [9.17, 15) is 4.79 Å². The second kappa shape index (κ2) is 5.37. The van der Waals surface area contributed by atoms with Gasteiger partial charge in [0, 0.05) is 0 Å². The molecule has 0 radical (unpaired) electrons. The van der Waals surface area contributed by atoms with Crippen molar-refractivity contribution in [3.05, 3.63) is 0 Å². The summed E-state index contributed by atoms with van der Waals surface area (Å²) in [6.07, 6.45) is 0.659. The Bertz CT molecular complexity index is 114. The van der Waals surface area contributed by atoms with E-state index in [-0.39, 0.29) is 6.61 Å². The maximum atomic E-state index is 9.70. The minimum absolute atomic E-state index is 0.228. The molecule has 0 atom stereocenters. The van der Waals surface area contributed by atoms with E-state index in [2.05, 4.69) is 9.99 Å². The van der Waals surface area contributed by atoms with Crippen LogP contribution in [0.3, 0.4) is 0 Å². The quantitative estimate of drug-likeness (QED) is 0.272. The third-order valence-electron chi connectivity index (χ3n) is 0.406. The first kappa shape index (κ1) is 8.23. The average molecular weight is 152 g/mol. The molecule has 0 aliphatic heterocycles. The summed E-state index contributed by atoms with van der Waals surface area (Å²) in [5, 5.41) is 11.0. The minimum atomic E-state index is -1.13. The van der Waals surface area contributed by atoms with E-state index in [1.807, 2.05) is 0 Å². The summed E-state index contributed by atoms with van der Waals surface area (Å²) >= 11 is 5.17. The van der Waals surface area contributed by atoms with Crippen molar-refractivity contribution in [2.24, 2.45) is 5.16 Å². The summed E-state index contributed by atoms with van der Waals surface area (Å²) in [6.45, 7) is 0.228. The second-order valence-corrected chi connectivity index (χ2v) is 1.47. The Balaban J connectivity index is 3.15. The van der Waals surface area contributed by atoms with Crippen molar-refractivity contribution in [2.75, 3.05) is 12.5 Å². The molecule has 0 spiro atoms. The lowest BCUT2D eigenvalue weighted by atomic mass is 10.8. The number of carboxylic acids is 1. The van der Waals surface area contributed by atoms with Gasteiger partial charge in [-0.25, -0.2) is 4.79 Å². The Morgan fingerprint density at radius 1 is 1.89 bits per heavy atom. The summed E-state index contributed by atoms with van der Waals surface area (Å²) in [4.78, 5) is 14.1. The van der Waals surface area contributed by atoms with Crippen LogP contribution in [-0.4, -0.2) is 29.8 Å². The monoisotopic (exact) mass is 151 g/mol. The highest BCUT2D eigenvalue weighted by Gasteiger charge is 1.85. The fourth-order valence-electron chi connectivity index (χ4n) is 0.170. The van der Waals surface area contributed by atoms with Gasteiger partial charge in [0.05, 0.1) is 5.88 Å². The van der Waals surface area contributed by atoms with Gasteiger partial charge >= 0.3 is 5.97 Å². The maximum absolute atomic E-state index is 9.70. The predicted molar refractivity (Wildman–Crippen MR) is 32.8 cm³/mol. The van der Waals surface area contributed by atoms with Crippen molar-refractivity contribution >= 4 is 23.8 Å². The number of hydrogen-bond acceptors (Lipinski definition) is 3. The highest BCUT2D eigenvalue weighted by molar-refractivity contribution is 6.21.